The maximum atomic E-state index is 13.3. The molecular weight excluding hydrogens is 408 g/mol. The van der Waals surface area contributed by atoms with Crippen LogP contribution in [0.25, 0.3) is 0 Å². The van der Waals surface area contributed by atoms with Crippen molar-refractivity contribution in [2.75, 3.05) is 27.4 Å². The fourth-order valence-electron chi connectivity index (χ4n) is 3.80. The van der Waals surface area contributed by atoms with Crippen molar-refractivity contribution in [1.29, 1.82) is 0 Å². The first-order valence-electron chi connectivity index (χ1n) is 11.0. The van der Waals surface area contributed by atoms with Crippen molar-refractivity contribution in [3.63, 3.8) is 0 Å². The van der Waals surface area contributed by atoms with E-state index in [1.165, 1.54) is 0 Å². The highest BCUT2D eigenvalue weighted by Crippen LogP contribution is 2.28. The van der Waals surface area contributed by atoms with Crippen LogP contribution in [-0.4, -0.2) is 56.2 Å². The van der Waals surface area contributed by atoms with E-state index in [-0.39, 0.29) is 24.3 Å². The molecule has 3 rings (SSSR count). The van der Waals surface area contributed by atoms with Gasteiger partial charge in [-0.2, -0.15) is 0 Å². The van der Waals surface area contributed by atoms with Gasteiger partial charge in [0.15, 0.2) is 11.5 Å². The van der Waals surface area contributed by atoms with E-state index in [1.54, 1.807) is 38.2 Å². The number of nitrogens with zero attached hydrogens (tertiary/aromatic N) is 1. The van der Waals surface area contributed by atoms with E-state index in [0.717, 1.165) is 30.6 Å². The number of carbonyl (C=O) groups excluding carboxylic acids is 2. The van der Waals surface area contributed by atoms with Gasteiger partial charge in [0.2, 0.25) is 11.8 Å². The summed E-state index contributed by atoms with van der Waals surface area (Å²) in [6.45, 7) is 3.31. The van der Waals surface area contributed by atoms with Crippen LogP contribution in [0.5, 0.6) is 11.5 Å². The Labute approximate surface area is 189 Å². The molecule has 1 aliphatic heterocycles. The number of carbonyl (C=O) groups is 2. The van der Waals surface area contributed by atoms with Crippen molar-refractivity contribution < 1.29 is 23.8 Å². The first-order chi connectivity index (χ1) is 15.5. The molecule has 1 N–H and O–H groups in total. The topological polar surface area (TPSA) is 77.1 Å². The molecule has 32 heavy (non-hydrogen) atoms. The maximum Gasteiger partial charge on any atom is 0.242 e. The third-order valence-electron chi connectivity index (χ3n) is 5.69. The third-order valence-corrected chi connectivity index (χ3v) is 5.69. The number of hydrogen-bond donors (Lipinski definition) is 1. The number of hydrogen-bond acceptors (Lipinski definition) is 5. The smallest absolute Gasteiger partial charge is 0.242 e. The molecule has 1 fully saturated rings. The van der Waals surface area contributed by atoms with Crippen molar-refractivity contribution >= 4 is 11.8 Å². The molecule has 2 atom stereocenters. The molecule has 1 saturated heterocycles. The number of ether oxygens (including phenoxy) is 3. The predicted octanol–water partition coefficient (Wildman–Crippen LogP) is 2.96. The van der Waals surface area contributed by atoms with Gasteiger partial charge in [0.1, 0.15) is 6.04 Å². The van der Waals surface area contributed by atoms with Gasteiger partial charge < -0.3 is 24.4 Å². The van der Waals surface area contributed by atoms with Crippen LogP contribution in [0.2, 0.25) is 0 Å². The van der Waals surface area contributed by atoms with Gasteiger partial charge in [-0.05, 0) is 43.0 Å². The third kappa shape index (κ3) is 6.23. The number of rotatable bonds is 10. The summed E-state index contributed by atoms with van der Waals surface area (Å²) in [4.78, 5) is 27.8. The van der Waals surface area contributed by atoms with Gasteiger partial charge >= 0.3 is 0 Å². The Morgan fingerprint density at radius 2 is 1.84 bits per heavy atom. The molecule has 2 aromatic rings. The SMILES string of the molecule is COc1ccc(CC(=O)N(Cc2ccccc2)[C@H](C)C(=O)NC[C@H]2CCCO2)cc1OC. The van der Waals surface area contributed by atoms with Crippen molar-refractivity contribution in [1.82, 2.24) is 10.2 Å². The molecule has 0 saturated carbocycles. The molecule has 0 bridgehead atoms. The van der Waals surface area contributed by atoms with Crippen LogP contribution in [0, 0.1) is 0 Å². The van der Waals surface area contributed by atoms with Crippen molar-refractivity contribution in [3.05, 3.63) is 59.7 Å². The minimum absolute atomic E-state index is 0.0520. The lowest BCUT2D eigenvalue weighted by Gasteiger charge is -2.29. The molecule has 7 heteroatoms. The molecule has 1 aliphatic rings. The highest BCUT2D eigenvalue weighted by molar-refractivity contribution is 5.88. The Hall–Kier alpha value is -3.06. The van der Waals surface area contributed by atoms with Crippen molar-refractivity contribution in [2.24, 2.45) is 0 Å². The zero-order valence-electron chi connectivity index (χ0n) is 19.0. The second-order valence-electron chi connectivity index (χ2n) is 7.93. The van der Waals surface area contributed by atoms with Gasteiger partial charge in [-0.3, -0.25) is 9.59 Å². The second kappa shape index (κ2) is 11.5. The predicted molar refractivity (Wildman–Crippen MR) is 122 cm³/mol. The average Bonchev–Trinajstić information content (AvgIpc) is 3.34. The van der Waals surface area contributed by atoms with Crippen LogP contribution in [0.15, 0.2) is 48.5 Å². The van der Waals surface area contributed by atoms with Gasteiger partial charge in [0.05, 0.1) is 26.7 Å². The van der Waals surface area contributed by atoms with E-state index in [1.807, 2.05) is 36.4 Å². The summed E-state index contributed by atoms with van der Waals surface area (Å²) in [6.07, 6.45) is 2.16. The zero-order chi connectivity index (χ0) is 22.9. The number of amides is 2. The van der Waals surface area contributed by atoms with Crippen LogP contribution < -0.4 is 14.8 Å². The monoisotopic (exact) mass is 440 g/mol. The summed E-state index contributed by atoms with van der Waals surface area (Å²) in [6, 6.07) is 14.5. The van der Waals surface area contributed by atoms with E-state index in [2.05, 4.69) is 5.32 Å². The quantitative estimate of drug-likeness (QED) is 0.615. The Morgan fingerprint density at radius 3 is 2.50 bits per heavy atom. The maximum absolute atomic E-state index is 13.3. The Morgan fingerprint density at radius 1 is 1.09 bits per heavy atom. The molecular formula is C25H32N2O5. The Balaban J connectivity index is 1.73. The molecule has 0 radical (unpaired) electrons. The number of benzene rings is 2. The molecule has 0 aliphatic carbocycles. The first kappa shape index (κ1) is 23.6. The standard InChI is InChI=1S/C25H32N2O5/c1-18(25(29)26-16-21-10-7-13-32-21)27(17-19-8-5-4-6-9-19)24(28)15-20-11-12-22(30-2)23(14-20)31-3/h4-6,8-9,11-12,14,18,21H,7,10,13,15-17H2,1-3H3,(H,26,29)/t18-,21-/m1/s1. The number of nitrogens with one attached hydrogen (secondary N) is 1. The van der Waals surface area contributed by atoms with Crippen molar-refractivity contribution in [2.45, 2.75) is 44.9 Å². The molecule has 7 nitrogen and oxygen atoms in total. The van der Waals surface area contributed by atoms with Crippen molar-refractivity contribution in [3.8, 4) is 11.5 Å². The molecule has 2 aromatic carbocycles. The largest absolute Gasteiger partial charge is 0.493 e. The summed E-state index contributed by atoms with van der Waals surface area (Å²) in [5.74, 6) is 0.847. The molecule has 172 valence electrons. The van der Waals surface area contributed by atoms with Crippen LogP contribution in [0.1, 0.15) is 30.9 Å². The van der Waals surface area contributed by atoms with E-state index in [9.17, 15) is 9.59 Å². The minimum atomic E-state index is -0.621. The lowest BCUT2D eigenvalue weighted by atomic mass is 10.1. The lowest BCUT2D eigenvalue weighted by Crippen LogP contribution is -2.49. The molecule has 2 amide bonds. The van der Waals surface area contributed by atoms with Crippen LogP contribution in [0.4, 0.5) is 0 Å². The Bertz CT molecular complexity index is 896. The van der Waals surface area contributed by atoms with Crippen LogP contribution in [0.3, 0.4) is 0 Å². The summed E-state index contributed by atoms with van der Waals surface area (Å²) in [5, 5.41) is 2.95. The molecule has 0 spiro atoms. The lowest BCUT2D eigenvalue weighted by molar-refractivity contribution is -0.140. The van der Waals surface area contributed by atoms with Gasteiger partial charge in [0, 0.05) is 19.7 Å². The average molecular weight is 441 g/mol. The Kier molecular flexibility index (Phi) is 8.50. The van der Waals surface area contributed by atoms with Gasteiger partial charge in [0.25, 0.3) is 0 Å². The van der Waals surface area contributed by atoms with E-state index >= 15 is 0 Å². The number of methoxy groups -OCH3 is 2. The zero-order valence-corrected chi connectivity index (χ0v) is 19.0. The fourth-order valence-corrected chi connectivity index (χ4v) is 3.80. The van der Waals surface area contributed by atoms with Gasteiger partial charge in [-0.25, -0.2) is 0 Å². The minimum Gasteiger partial charge on any atom is -0.493 e. The molecule has 0 aromatic heterocycles. The molecule has 0 unspecified atom stereocenters. The first-order valence-corrected chi connectivity index (χ1v) is 11.0. The van der Waals surface area contributed by atoms with Crippen LogP contribution in [-0.2, 0) is 27.3 Å². The van der Waals surface area contributed by atoms with E-state index in [0.29, 0.717) is 24.6 Å². The second-order valence-corrected chi connectivity index (χ2v) is 7.93. The summed E-state index contributed by atoms with van der Waals surface area (Å²) in [5.41, 5.74) is 1.75. The summed E-state index contributed by atoms with van der Waals surface area (Å²) < 4.78 is 16.2. The van der Waals surface area contributed by atoms with Gasteiger partial charge in [-0.1, -0.05) is 36.4 Å². The normalized spacial score (nSPS) is 16.3. The van der Waals surface area contributed by atoms with E-state index < -0.39 is 6.04 Å². The van der Waals surface area contributed by atoms with Gasteiger partial charge in [-0.15, -0.1) is 0 Å². The summed E-state index contributed by atoms with van der Waals surface area (Å²) in [7, 11) is 3.13. The summed E-state index contributed by atoms with van der Waals surface area (Å²) >= 11 is 0. The van der Waals surface area contributed by atoms with E-state index in [4.69, 9.17) is 14.2 Å². The van der Waals surface area contributed by atoms with Crippen LogP contribution >= 0.6 is 0 Å². The molecule has 1 heterocycles. The fraction of sp³-hybridized carbons (Fsp3) is 0.440. The highest BCUT2D eigenvalue weighted by Gasteiger charge is 2.27. The highest BCUT2D eigenvalue weighted by atomic mass is 16.5.